The van der Waals surface area contributed by atoms with E-state index in [1.54, 1.807) is 19.9 Å². The first-order chi connectivity index (χ1) is 11.3. The normalized spacial score (nSPS) is 12.9. The van der Waals surface area contributed by atoms with E-state index in [1.807, 2.05) is 20.8 Å². The van der Waals surface area contributed by atoms with Crippen LogP contribution in [0.15, 0.2) is 23.1 Å². The lowest BCUT2D eigenvalue weighted by Crippen LogP contribution is -2.30. The number of benzene rings is 1. The third-order valence-electron chi connectivity index (χ3n) is 3.91. The van der Waals surface area contributed by atoms with Crippen LogP contribution >= 0.6 is 0 Å². The van der Waals surface area contributed by atoms with Crippen LogP contribution in [0, 0.1) is 5.92 Å². The third-order valence-corrected chi connectivity index (χ3v) is 5.96. The number of hydrogen-bond donors (Lipinski definition) is 1. The maximum atomic E-state index is 12.7. The second kappa shape index (κ2) is 9.03. The Morgan fingerprint density at radius 3 is 2.33 bits per heavy atom. The molecule has 0 bridgehead atoms. The molecular weight excluding hydrogens is 328 g/mol. The van der Waals surface area contributed by atoms with E-state index in [9.17, 15) is 13.2 Å². The molecule has 0 aliphatic rings. The highest BCUT2D eigenvalue weighted by Crippen LogP contribution is 2.29. The maximum Gasteiger partial charge on any atom is 0.243 e. The van der Waals surface area contributed by atoms with Crippen LogP contribution in [0.4, 0.5) is 5.69 Å². The number of hydrogen-bond acceptors (Lipinski definition) is 4. The predicted molar refractivity (Wildman–Crippen MR) is 95.8 cm³/mol. The molecule has 0 saturated heterocycles. The van der Waals surface area contributed by atoms with Crippen LogP contribution in [0.25, 0.3) is 0 Å². The summed E-state index contributed by atoms with van der Waals surface area (Å²) in [4.78, 5) is 12.3. The van der Waals surface area contributed by atoms with Crippen molar-refractivity contribution in [3.05, 3.63) is 18.2 Å². The lowest BCUT2D eigenvalue weighted by molar-refractivity contribution is -0.119. The first-order valence-electron chi connectivity index (χ1n) is 8.39. The number of rotatable bonds is 9. The van der Waals surface area contributed by atoms with Crippen molar-refractivity contribution in [1.82, 2.24) is 4.31 Å². The Morgan fingerprint density at radius 2 is 1.83 bits per heavy atom. The van der Waals surface area contributed by atoms with Gasteiger partial charge in [0, 0.05) is 19.0 Å². The molecule has 136 valence electrons. The van der Waals surface area contributed by atoms with Crippen LogP contribution in [-0.2, 0) is 14.8 Å². The van der Waals surface area contributed by atoms with Gasteiger partial charge in [-0.1, -0.05) is 27.7 Å². The lowest BCUT2D eigenvalue weighted by Gasteiger charge is -2.20. The van der Waals surface area contributed by atoms with E-state index in [2.05, 4.69) is 5.32 Å². The molecule has 24 heavy (non-hydrogen) atoms. The Morgan fingerprint density at radius 1 is 1.21 bits per heavy atom. The predicted octanol–water partition coefficient (Wildman–Crippen LogP) is 3.10. The van der Waals surface area contributed by atoms with Crippen molar-refractivity contribution in [2.75, 3.05) is 25.0 Å². The molecule has 0 aliphatic heterocycles. The molecule has 0 spiro atoms. The fourth-order valence-corrected chi connectivity index (χ4v) is 3.69. The molecule has 0 fully saturated rings. The standard InChI is InChI=1S/C17H28N2O4S/c1-6-13(5)17(20)18-15-12-14(10-11-16(15)23-9-4)24(21,22)19(7-2)8-3/h10-13H,6-9H2,1-5H3,(H,18,20)/t13-/m0/s1. The van der Waals surface area contributed by atoms with Crippen molar-refractivity contribution >= 4 is 21.6 Å². The van der Waals surface area contributed by atoms with Gasteiger partial charge in [-0.3, -0.25) is 4.79 Å². The average Bonchev–Trinajstić information content (AvgIpc) is 2.56. The van der Waals surface area contributed by atoms with E-state index in [1.165, 1.54) is 16.4 Å². The molecule has 0 saturated carbocycles. The number of sulfonamides is 1. The van der Waals surface area contributed by atoms with Crippen molar-refractivity contribution in [2.24, 2.45) is 5.92 Å². The summed E-state index contributed by atoms with van der Waals surface area (Å²) in [7, 11) is -3.59. The molecule has 1 amide bonds. The summed E-state index contributed by atoms with van der Waals surface area (Å²) in [5, 5.41) is 2.79. The van der Waals surface area contributed by atoms with Crippen LogP contribution in [-0.4, -0.2) is 38.3 Å². The largest absolute Gasteiger partial charge is 0.492 e. The summed E-state index contributed by atoms with van der Waals surface area (Å²) in [6.45, 7) is 10.4. The minimum absolute atomic E-state index is 0.147. The van der Waals surface area contributed by atoms with Crippen LogP contribution in [0.1, 0.15) is 41.0 Å². The van der Waals surface area contributed by atoms with E-state index in [-0.39, 0.29) is 16.7 Å². The molecular formula is C17H28N2O4S. The van der Waals surface area contributed by atoms with Crippen molar-refractivity contribution in [3.63, 3.8) is 0 Å². The Bertz CT molecular complexity index is 655. The van der Waals surface area contributed by atoms with Crippen molar-refractivity contribution in [2.45, 2.75) is 45.9 Å². The van der Waals surface area contributed by atoms with Crippen LogP contribution in [0.5, 0.6) is 5.75 Å². The number of carbonyl (C=O) groups excluding carboxylic acids is 1. The average molecular weight is 356 g/mol. The molecule has 1 aromatic rings. The number of amides is 1. The smallest absolute Gasteiger partial charge is 0.243 e. The quantitative estimate of drug-likeness (QED) is 0.738. The Labute approximate surface area is 145 Å². The fourth-order valence-electron chi connectivity index (χ4n) is 2.20. The van der Waals surface area contributed by atoms with E-state index >= 15 is 0 Å². The molecule has 1 rings (SSSR count). The van der Waals surface area contributed by atoms with Gasteiger partial charge in [0.15, 0.2) is 0 Å². The van der Waals surface area contributed by atoms with E-state index in [4.69, 9.17) is 4.74 Å². The molecule has 6 nitrogen and oxygen atoms in total. The van der Waals surface area contributed by atoms with Gasteiger partial charge in [-0.15, -0.1) is 0 Å². The summed E-state index contributed by atoms with van der Waals surface area (Å²) < 4.78 is 32.2. The highest BCUT2D eigenvalue weighted by atomic mass is 32.2. The van der Waals surface area contributed by atoms with Gasteiger partial charge < -0.3 is 10.1 Å². The second-order valence-corrected chi connectivity index (χ2v) is 7.42. The zero-order chi connectivity index (χ0) is 18.3. The SMILES string of the molecule is CCOc1ccc(S(=O)(=O)N(CC)CC)cc1NC(=O)[C@@H](C)CC. The van der Waals surface area contributed by atoms with Gasteiger partial charge >= 0.3 is 0 Å². The Balaban J connectivity index is 3.28. The van der Waals surface area contributed by atoms with Gasteiger partial charge in [0.05, 0.1) is 17.2 Å². The van der Waals surface area contributed by atoms with Crippen LogP contribution in [0.2, 0.25) is 0 Å². The number of carbonyl (C=O) groups is 1. The van der Waals surface area contributed by atoms with Crippen molar-refractivity contribution in [1.29, 1.82) is 0 Å². The molecule has 1 N–H and O–H groups in total. The third kappa shape index (κ3) is 4.70. The topological polar surface area (TPSA) is 75.7 Å². The van der Waals surface area contributed by atoms with Crippen molar-refractivity contribution in [3.8, 4) is 5.75 Å². The van der Waals surface area contributed by atoms with Gasteiger partial charge in [-0.2, -0.15) is 4.31 Å². The summed E-state index contributed by atoms with van der Waals surface area (Å²) >= 11 is 0. The van der Waals surface area contributed by atoms with Gasteiger partial charge in [0.25, 0.3) is 0 Å². The summed E-state index contributed by atoms with van der Waals surface area (Å²) in [6.07, 6.45) is 0.702. The van der Waals surface area contributed by atoms with Gasteiger partial charge in [-0.05, 0) is 31.5 Å². The zero-order valence-electron chi connectivity index (χ0n) is 15.1. The highest BCUT2D eigenvalue weighted by molar-refractivity contribution is 7.89. The van der Waals surface area contributed by atoms with Crippen LogP contribution in [0.3, 0.4) is 0 Å². The molecule has 7 heteroatoms. The molecule has 1 atom stereocenters. The zero-order valence-corrected chi connectivity index (χ0v) is 15.9. The first-order valence-corrected chi connectivity index (χ1v) is 9.83. The summed E-state index contributed by atoms with van der Waals surface area (Å²) in [5.74, 6) is 0.144. The molecule has 0 aromatic heterocycles. The van der Waals surface area contributed by atoms with Crippen molar-refractivity contribution < 1.29 is 17.9 Å². The minimum Gasteiger partial charge on any atom is -0.492 e. The molecule has 0 heterocycles. The molecule has 0 unspecified atom stereocenters. The summed E-state index contributed by atoms with van der Waals surface area (Å²) in [5.41, 5.74) is 0.385. The number of nitrogens with zero attached hydrogens (tertiary/aromatic N) is 1. The van der Waals surface area contributed by atoms with Gasteiger partial charge in [0.1, 0.15) is 5.75 Å². The maximum absolute atomic E-state index is 12.7. The fraction of sp³-hybridized carbons (Fsp3) is 0.588. The van der Waals surface area contributed by atoms with Gasteiger partial charge in [0.2, 0.25) is 15.9 Å². The Hall–Kier alpha value is -1.60. The van der Waals surface area contributed by atoms with E-state index in [0.717, 1.165) is 0 Å². The lowest BCUT2D eigenvalue weighted by atomic mass is 10.1. The van der Waals surface area contributed by atoms with Crippen LogP contribution < -0.4 is 10.1 Å². The Kier molecular flexibility index (Phi) is 7.69. The second-order valence-electron chi connectivity index (χ2n) is 5.48. The monoisotopic (exact) mass is 356 g/mol. The molecule has 1 aromatic carbocycles. The number of anilines is 1. The minimum atomic E-state index is -3.59. The number of nitrogens with one attached hydrogen (secondary N) is 1. The van der Waals surface area contributed by atoms with Gasteiger partial charge in [-0.25, -0.2) is 8.42 Å². The first kappa shape index (κ1) is 20.4. The van der Waals surface area contributed by atoms with E-state index in [0.29, 0.717) is 37.6 Å². The molecule has 0 aliphatic carbocycles. The summed E-state index contributed by atoms with van der Waals surface area (Å²) in [6, 6.07) is 4.57. The van der Waals surface area contributed by atoms with E-state index < -0.39 is 10.0 Å². The molecule has 0 radical (unpaired) electrons. The highest BCUT2D eigenvalue weighted by Gasteiger charge is 2.23. The number of ether oxygens (including phenoxy) is 1.